The van der Waals surface area contributed by atoms with Crippen LogP contribution in [0.5, 0.6) is 5.88 Å². The van der Waals surface area contributed by atoms with Crippen molar-refractivity contribution < 1.29 is 4.74 Å². The molecule has 0 radical (unpaired) electrons. The second kappa shape index (κ2) is 7.81. The van der Waals surface area contributed by atoms with Gasteiger partial charge in [0, 0.05) is 10.9 Å². The minimum Gasteiger partial charge on any atom is -0.474 e. The molecular weight excluding hydrogens is 342 g/mol. The predicted octanol–water partition coefficient (Wildman–Crippen LogP) is 4.85. The van der Waals surface area contributed by atoms with Crippen molar-refractivity contribution in [2.45, 2.75) is 76.9 Å². The maximum absolute atomic E-state index is 6.45. The van der Waals surface area contributed by atoms with Gasteiger partial charge in [0.15, 0.2) is 0 Å². The number of rotatable bonds is 5. The van der Waals surface area contributed by atoms with E-state index in [1.165, 1.54) is 60.8 Å². The lowest BCUT2D eigenvalue weighted by Crippen LogP contribution is -2.35. The summed E-state index contributed by atoms with van der Waals surface area (Å²) in [5, 5.41) is 1.23. The third kappa shape index (κ3) is 3.61. The zero-order valence-corrected chi connectivity index (χ0v) is 17.1. The van der Waals surface area contributed by atoms with E-state index in [0.717, 1.165) is 29.5 Å². The first kappa shape index (κ1) is 18.2. The van der Waals surface area contributed by atoms with Crippen LogP contribution in [0.25, 0.3) is 10.2 Å². The molecule has 2 aliphatic rings. The molecule has 4 nitrogen and oxygen atoms in total. The van der Waals surface area contributed by atoms with Gasteiger partial charge in [-0.2, -0.15) is 0 Å². The quantitative estimate of drug-likeness (QED) is 0.751. The lowest BCUT2D eigenvalue weighted by molar-refractivity contribution is 0.108. The zero-order chi connectivity index (χ0) is 18.1. The fraction of sp³-hybridized carbons (Fsp3) is 0.714. The number of thiophene rings is 1. The van der Waals surface area contributed by atoms with Crippen LogP contribution in [0.15, 0.2) is 6.33 Å². The molecule has 142 valence electrons. The van der Waals surface area contributed by atoms with Gasteiger partial charge in [-0.25, -0.2) is 9.97 Å². The van der Waals surface area contributed by atoms with Crippen LogP contribution in [0, 0.1) is 5.92 Å². The smallest absolute Gasteiger partial charge is 0.225 e. The summed E-state index contributed by atoms with van der Waals surface area (Å²) in [6.07, 6.45) is 13.0. The Morgan fingerprint density at radius 2 is 1.96 bits per heavy atom. The van der Waals surface area contributed by atoms with Crippen molar-refractivity contribution in [2.24, 2.45) is 5.92 Å². The monoisotopic (exact) mass is 373 g/mol. The highest BCUT2D eigenvalue weighted by atomic mass is 32.1. The van der Waals surface area contributed by atoms with Crippen LogP contribution in [-0.2, 0) is 12.8 Å². The zero-order valence-electron chi connectivity index (χ0n) is 16.3. The van der Waals surface area contributed by atoms with Crippen molar-refractivity contribution in [1.82, 2.24) is 14.9 Å². The van der Waals surface area contributed by atoms with E-state index in [-0.39, 0.29) is 0 Å². The molecule has 4 rings (SSSR count). The number of aryl methyl sites for hydroxylation is 1. The van der Waals surface area contributed by atoms with Crippen LogP contribution in [0.1, 0.15) is 62.3 Å². The van der Waals surface area contributed by atoms with E-state index >= 15 is 0 Å². The Bertz CT molecular complexity index is 749. The van der Waals surface area contributed by atoms with Gasteiger partial charge in [-0.15, -0.1) is 11.3 Å². The Hall–Kier alpha value is -1.20. The highest BCUT2D eigenvalue weighted by molar-refractivity contribution is 7.18. The van der Waals surface area contributed by atoms with Crippen molar-refractivity contribution in [1.29, 1.82) is 0 Å². The third-order valence-corrected chi connectivity index (χ3v) is 7.46. The number of fused-ring (bicyclic) bond motifs is 3. The van der Waals surface area contributed by atoms with E-state index in [2.05, 4.69) is 35.9 Å². The highest BCUT2D eigenvalue weighted by Gasteiger charge is 2.28. The number of hydrogen-bond acceptors (Lipinski definition) is 5. The summed E-state index contributed by atoms with van der Waals surface area (Å²) in [5.74, 6) is 1.66. The van der Waals surface area contributed by atoms with Crippen LogP contribution in [0.4, 0.5) is 0 Å². The molecule has 1 fully saturated rings. The average molecular weight is 374 g/mol. The Balaban J connectivity index is 1.56. The van der Waals surface area contributed by atoms with Crippen LogP contribution >= 0.6 is 11.3 Å². The van der Waals surface area contributed by atoms with Crippen molar-refractivity contribution in [3.05, 3.63) is 16.8 Å². The molecule has 0 amide bonds. The van der Waals surface area contributed by atoms with Gasteiger partial charge in [0.25, 0.3) is 0 Å². The van der Waals surface area contributed by atoms with Gasteiger partial charge in [0.05, 0.1) is 5.39 Å². The van der Waals surface area contributed by atoms with Gasteiger partial charge < -0.3 is 9.64 Å². The molecule has 0 aliphatic heterocycles. The molecule has 2 aromatic rings. The van der Waals surface area contributed by atoms with Crippen molar-refractivity contribution >= 4 is 21.6 Å². The molecule has 5 heteroatoms. The Morgan fingerprint density at radius 1 is 1.15 bits per heavy atom. The lowest BCUT2D eigenvalue weighted by Gasteiger charge is -2.32. The van der Waals surface area contributed by atoms with Crippen LogP contribution in [0.3, 0.4) is 0 Å². The lowest BCUT2D eigenvalue weighted by atomic mass is 9.84. The molecule has 1 atom stereocenters. The van der Waals surface area contributed by atoms with Gasteiger partial charge in [-0.3, -0.25) is 0 Å². The van der Waals surface area contributed by atoms with Crippen molar-refractivity contribution in [2.75, 3.05) is 14.1 Å². The molecule has 0 aromatic carbocycles. The molecule has 2 aliphatic carbocycles. The summed E-state index contributed by atoms with van der Waals surface area (Å²) in [6, 6.07) is 0.698. The summed E-state index contributed by atoms with van der Waals surface area (Å²) in [5.41, 5.74) is 1.49. The second-order valence-electron chi connectivity index (χ2n) is 8.27. The number of aromatic nitrogens is 2. The Labute approximate surface area is 161 Å². The molecule has 26 heavy (non-hydrogen) atoms. The second-order valence-corrected chi connectivity index (χ2v) is 9.36. The summed E-state index contributed by atoms with van der Waals surface area (Å²) < 4.78 is 6.45. The standard InChI is InChI=1S/C21H31N3OS/c1-4-5-14-6-11-18-17(12-14)19-20(22-13-23-21(19)26-18)25-16-9-7-15(8-10-16)24(2)3/h13-16H,4-12H2,1-3H3/t14-,15-,16-/m1/s1. The molecule has 0 bridgehead atoms. The maximum Gasteiger partial charge on any atom is 0.225 e. The van der Waals surface area contributed by atoms with Crippen LogP contribution < -0.4 is 4.74 Å². The first-order valence-electron chi connectivity index (χ1n) is 10.2. The molecule has 1 saturated carbocycles. The van der Waals surface area contributed by atoms with Gasteiger partial charge in [0.1, 0.15) is 17.3 Å². The average Bonchev–Trinajstić information content (AvgIpc) is 3.01. The van der Waals surface area contributed by atoms with Crippen molar-refractivity contribution in [3.8, 4) is 5.88 Å². The number of nitrogens with zero attached hydrogens (tertiary/aromatic N) is 3. The van der Waals surface area contributed by atoms with Crippen LogP contribution in [0.2, 0.25) is 0 Å². The SMILES string of the molecule is CCC[C@@H]1CCc2sc3ncnc(O[C@H]4CC[C@H](N(C)C)CC4)c3c2C1. The van der Waals surface area contributed by atoms with Crippen LogP contribution in [-0.4, -0.2) is 41.1 Å². The van der Waals surface area contributed by atoms with E-state index in [1.54, 1.807) is 6.33 Å². The van der Waals surface area contributed by atoms with Gasteiger partial charge in [0.2, 0.25) is 5.88 Å². The molecular formula is C21H31N3OS. The van der Waals surface area contributed by atoms with E-state index in [4.69, 9.17) is 4.74 Å². The largest absolute Gasteiger partial charge is 0.474 e. The normalized spacial score (nSPS) is 26.2. The predicted molar refractivity (Wildman–Crippen MR) is 108 cm³/mol. The fourth-order valence-corrected chi connectivity index (χ4v) is 5.91. The molecule has 2 aromatic heterocycles. The Morgan fingerprint density at radius 3 is 2.69 bits per heavy atom. The summed E-state index contributed by atoms with van der Waals surface area (Å²) in [4.78, 5) is 14.1. The minimum absolute atomic E-state index is 0.301. The fourth-order valence-electron chi connectivity index (χ4n) is 4.73. The van der Waals surface area contributed by atoms with E-state index < -0.39 is 0 Å². The van der Waals surface area contributed by atoms with E-state index in [0.29, 0.717) is 12.1 Å². The minimum atomic E-state index is 0.301. The topological polar surface area (TPSA) is 38.3 Å². The highest BCUT2D eigenvalue weighted by Crippen LogP contribution is 2.42. The molecule has 2 heterocycles. The third-order valence-electron chi connectivity index (χ3n) is 6.26. The maximum atomic E-state index is 6.45. The van der Waals surface area contributed by atoms with Crippen molar-refractivity contribution in [3.63, 3.8) is 0 Å². The van der Waals surface area contributed by atoms with Gasteiger partial charge >= 0.3 is 0 Å². The summed E-state index contributed by atoms with van der Waals surface area (Å²) in [7, 11) is 4.37. The Kier molecular flexibility index (Phi) is 5.46. The van der Waals surface area contributed by atoms with E-state index in [9.17, 15) is 0 Å². The number of hydrogen-bond donors (Lipinski definition) is 0. The molecule has 0 unspecified atom stereocenters. The first-order valence-corrected chi connectivity index (χ1v) is 11.1. The summed E-state index contributed by atoms with van der Waals surface area (Å²) >= 11 is 1.86. The molecule has 0 spiro atoms. The molecule has 0 saturated heterocycles. The van der Waals surface area contributed by atoms with E-state index in [1.807, 2.05) is 11.3 Å². The first-order chi connectivity index (χ1) is 12.7. The molecule has 0 N–H and O–H groups in total. The van der Waals surface area contributed by atoms with Gasteiger partial charge in [-0.05, 0) is 70.5 Å². The summed E-state index contributed by atoms with van der Waals surface area (Å²) in [6.45, 7) is 2.29. The number of ether oxygens (including phenoxy) is 1. The van der Waals surface area contributed by atoms with Gasteiger partial charge in [-0.1, -0.05) is 19.8 Å².